The average molecular weight is 322 g/mol. The number of aryl methyl sites for hydroxylation is 1. The van der Waals surface area contributed by atoms with Gasteiger partial charge in [0, 0.05) is 31.0 Å². The minimum Gasteiger partial charge on any atom is -0.544 e. The number of aliphatic carboxylic acids is 1. The number of anilines is 1. The van der Waals surface area contributed by atoms with Crippen LogP contribution >= 0.6 is 11.8 Å². The summed E-state index contributed by atoms with van der Waals surface area (Å²) in [5.41, 5.74) is 0. The Balaban J connectivity index is 2.21. The van der Waals surface area contributed by atoms with Gasteiger partial charge in [0.25, 0.3) is 5.22 Å². The van der Waals surface area contributed by atoms with E-state index in [9.17, 15) is 9.90 Å². The number of carbonyl (C=O) groups excluding carboxylic acids is 1. The van der Waals surface area contributed by atoms with Gasteiger partial charge in [-0.3, -0.25) is 0 Å². The standard InChI is InChI=1S/C14H17N3O4S/c1-4-17(5-2)12-7-6-10(21-12)8-11(13(18)19)22-14-16-15-9(3)20-14/h6-8H,4-5H2,1-3H3,(H,18,19)/p-1/b11-8+. The fourth-order valence-electron chi connectivity index (χ4n) is 1.80. The molecule has 0 aromatic carbocycles. The van der Waals surface area contributed by atoms with E-state index in [-0.39, 0.29) is 10.1 Å². The maximum absolute atomic E-state index is 11.2. The predicted molar refractivity (Wildman–Crippen MR) is 80.1 cm³/mol. The van der Waals surface area contributed by atoms with Crippen molar-refractivity contribution in [2.45, 2.75) is 26.0 Å². The van der Waals surface area contributed by atoms with Gasteiger partial charge in [0.2, 0.25) is 5.89 Å². The first-order valence-corrected chi connectivity index (χ1v) is 7.61. The molecule has 0 aliphatic rings. The highest BCUT2D eigenvalue weighted by atomic mass is 32.2. The van der Waals surface area contributed by atoms with Gasteiger partial charge in [-0.05, 0) is 37.8 Å². The second kappa shape index (κ2) is 7.17. The molecule has 0 bridgehead atoms. The van der Waals surface area contributed by atoms with Gasteiger partial charge in [-0.2, -0.15) is 0 Å². The monoisotopic (exact) mass is 322 g/mol. The van der Waals surface area contributed by atoms with Gasteiger partial charge in [0.15, 0.2) is 5.88 Å². The molecule has 2 heterocycles. The molecule has 0 saturated carbocycles. The lowest BCUT2D eigenvalue weighted by molar-refractivity contribution is -0.298. The molecule has 0 fully saturated rings. The molecule has 22 heavy (non-hydrogen) atoms. The first-order valence-electron chi connectivity index (χ1n) is 6.79. The Bertz CT molecular complexity index is 673. The maximum Gasteiger partial charge on any atom is 0.281 e. The zero-order valence-corrected chi connectivity index (χ0v) is 13.3. The van der Waals surface area contributed by atoms with Crippen LogP contribution in [0.4, 0.5) is 5.88 Å². The largest absolute Gasteiger partial charge is 0.544 e. The van der Waals surface area contributed by atoms with Gasteiger partial charge in [0.1, 0.15) is 5.76 Å². The van der Waals surface area contributed by atoms with Crippen LogP contribution in [0.1, 0.15) is 25.5 Å². The van der Waals surface area contributed by atoms with Gasteiger partial charge >= 0.3 is 0 Å². The predicted octanol–water partition coefficient (Wildman–Crippen LogP) is 1.70. The first-order chi connectivity index (χ1) is 10.5. The zero-order chi connectivity index (χ0) is 16.1. The van der Waals surface area contributed by atoms with Gasteiger partial charge < -0.3 is 23.6 Å². The van der Waals surface area contributed by atoms with Crippen molar-refractivity contribution in [1.82, 2.24) is 10.2 Å². The summed E-state index contributed by atoms with van der Waals surface area (Å²) < 4.78 is 10.8. The Morgan fingerprint density at radius 2 is 2.05 bits per heavy atom. The van der Waals surface area contributed by atoms with Crippen LogP contribution in [0.2, 0.25) is 0 Å². The van der Waals surface area contributed by atoms with E-state index in [1.807, 2.05) is 18.7 Å². The van der Waals surface area contributed by atoms with Crippen molar-refractivity contribution >= 4 is 29.7 Å². The minimum absolute atomic E-state index is 0.0657. The van der Waals surface area contributed by atoms with Crippen LogP contribution in [0.25, 0.3) is 6.08 Å². The molecule has 0 unspecified atom stereocenters. The van der Waals surface area contributed by atoms with E-state index in [2.05, 4.69) is 10.2 Å². The van der Waals surface area contributed by atoms with Crippen LogP contribution in [0.3, 0.4) is 0 Å². The van der Waals surface area contributed by atoms with Crippen LogP contribution in [-0.4, -0.2) is 29.3 Å². The summed E-state index contributed by atoms with van der Waals surface area (Å²) in [5.74, 6) is 0.140. The van der Waals surface area contributed by atoms with E-state index in [1.54, 1.807) is 19.1 Å². The van der Waals surface area contributed by atoms with E-state index in [4.69, 9.17) is 8.83 Å². The molecule has 0 amide bonds. The third-order valence-corrected chi connectivity index (χ3v) is 3.71. The molecule has 0 N–H and O–H groups in total. The van der Waals surface area contributed by atoms with Crippen molar-refractivity contribution in [1.29, 1.82) is 0 Å². The van der Waals surface area contributed by atoms with E-state index in [0.717, 1.165) is 24.9 Å². The zero-order valence-electron chi connectivity index (χ0n) is 12.5. The van der Waals surface area contributed by atoms with E-state index in [0.29, 0.717) is 17.5 Å². The van der Waals surface area contributed by atoms with Gasteiger partial charge in [-0.25, -0.2) is 0 Å². The molecule has 8 heteroatoms. The molecule has 0 atom stereocenters. The molecular weight excluding hydrogens is 306 g/mol. The summed E-state index contributed by atoms with van der Waals surface area (Å²) in [6.07, 6.45) is 1.38. The number of carboxylic acid groups (broad SMARTS) is 1. The van der Waals surface area contributed by atoms with Crippen molar-refractivity contribution in [2.75, 3.05) is 18.0 Å². The molecule has 2 aromatic rings. The normalized spacial score (nSPS) is 11.7. The van der Waals surface area contributed by atoms with Crippen LogP contribution < -0.4 is 10.0 Å². The van der Waals surface area contributed by atoms with E-state index < -0.39 is 5.97 Å². The quantitative estimate of drug-likeness (QED) is 0.561. The summed E-state index contributed by atoms with van der Waals surface area (Å²) in [7, 11) is 0. The second-order valence-corrected chi connectivity index (χ2v) is 5.33. The lowest BCUT2D eigenvalue weighted by atomic mass is 10.4. The van der Waals surface area contributed by atoms with Crippen molar-refractivity contribution < 1.29 is 18.7 Å². The number of hydrogen-bond acceptors (Lipinski definition) is 8. The van der Waals surface area contributed by atoms with Crippen LogP contribution in [0, 0.1) is 6.92 Å². The molecular formula is C14H16N3O4S-. The number of rotatable bonds is 7. The highest BCUT2D eigenvalue weighted by Crippen LogP contribution is 2.28. The van der Waals surface area contributed by atoms with E-state index >= 15 is 0 Å². The molecule has 0 saturated heterocycles. The average Bonchev–Trinajstić information content (AvgIpc) is 3.09. The summed E-state index contributed by atoms with van der Waals surface area (Å²) in [6, 6.07) is 3.50. The molecule has 0 aliphatic heterocycles. The molecule has 2 aromatic heterocycles. The Morgan fingerprint density at radius 1 is 1.32 bits per heavy atom. The number of nitrogens with zero attached hydrogens (tertiary/aromatic N) is 3. The smallest absolute Gasteiger partial charge is 0.281 e. The lowest BCUT2D eigenvalue weighted by Crippen LogP contribution is -2.23. The number of furan rings is 1. The number of thioether (sulfide) groups is 1. The number of aromatic nitrogens is 2. The third kappa shape index (κ3) is 3.91. The number of carboxylic acids is 1. The molecule has 118 valence electrons. The Morgan fingerprint density at radius 3 is 2.59 bits per heavy atom. The number of carbonyl (C=O) groups is 1. The van der Waals surface area contributed by atoms with Crippen molar-refractivity contribution in [3.05, 3.63) is 28.7 Å². The Labute approximate surface area is 132 Å². The Hall–Kier alpha value is -2.22. The molecule has 0 radical (unpaired) electrons. The second-order valence-electron chi connectivity index (χ2n) is 4.33. The van der Waals surface area contributed by atoms with Crippen molar-refractivity contribution in [3.8, 4) is 0 Å². The first kappa shape index (κ1) is 16.2. The fraction of sp³-hybridized carbons (Fsp3) is 0.357. The highest BCUT2D eigenvalue weighted by Gasteiger charge is 2.11. The van der Waals surface area contributed by atoms with Gasteiger partial charge in [-0.15, -0.1) is 10.2 Å². The van der Waals surface area contributed by atoms with Crippen LogP contribution in [-0.2, 0) is 4.79 Å². The summed E-state index contributed by atoms with van der Waals surface area (Å²) >= 11 is 0.827. The topological polar surface area (TPSA) is 95.4 Å². The molecule has 0 spiro atoms. The minimum atomic E-state index is -1.33. The van der Waals surface area contributed by atoms with Crippen LogP contribution in [0.15, 0.2) is 31.1 Å². The summed E-state index contributed by atoms with van der Waals surface area (Å²) in [5, 5.41) is 18.8. The number of hydrogen-bond donors (Lipinski definition) is 0. The SMILES string of the molecule is CCN(CC)c1ccc(/C=C(/Sc2nnc(C)o2)C(=O)[O-])o1. The molecule has 2 rings (SSSR count). The van der Waals surface area contributed by atoms with E-state index in [1.165, 1.54) is 6.08 Å². The third-order valence-electron chi connectivity index (χ3n) is 2.87. The maximum atomic E-state index is 11.2. The van der Waals surface area contributed by atoms with Crippen LogP contribution in [0.5, 0.6) is 0 Å². The van der Waals surface area contributed by atoms with Crippen molar-refractivity contribution in [3.63, 3.8) is 0 Å². The highest BCUT2D eigenvalue weighted by molar-refractivity contribution is 8.03. The Kier molecular flexibility index (Phi) is 5.26. The fourth-order valence-corrected chi connectivity index (χ4v) is 2.49. The lowest BCUT2D eigenvalue weighted by Gasteiger charge is -2.16. The van der Waals surface area contributed by atoms with Gasteiger partial charge in [0.05, 0.1) is 5.97 Å². The van der Waals surface area contributed by atoms with Gasteiger partial charge in [-0.1, -0.05) is 0 Å². The summed E-state index contributed by atoms with van der Waals surface area (Å²) in [4.78, 5) is 13.2. The summed E-state index contributed by atoms with van der Waals surface area (Å²) in [6.45, 7) is 7.26. The molecule has 0 aliphatic carbocycles. The molecule has 7 nitrogen and oxygen atoms in total. The van der Waals surface area contributed by atoms with Crippen molar-refractivity contribution in [2.24, 2.45) is 0 Å².